The Labute approximate surface area is 109 Å². The molecular formula is C13H24N4O. The Kier molecular flexibility index (Phi) is 6.43. The summed E-state index contributed by atoms with van der Waals surface area (Å²) >= 11 is 0. The average molecular weight is 252 g/mol. The predicted molar refractivity (Wildman–Crippen MR) is 74.6 cm³/mol. The van der Waals surface area contributed by atoms with Crippen molar-refractivity contribution in [2.45, 2.75) is 45.4 Å². The van der Waals surface area contributed by atoms with Crippen LogP contribution >= 0.6 is 0 Å². The van der Waals surface area contributed by atoms with Crippen LogP contribution in [0.5, 0.6) is 0 Å². The maximum Gasteiger partial charge on any atom is 0.135 e. The van der Waals surface area contributed by atoms with Crippen molar-refractivity contribution in [3.63, 3.8) is 0 Å². The molecule has 0 saturated carbocycles. The molecule has 0 aliphatic heterocycles. The van der Waals surface area contributed by atoms with E-state index in [1.807, 2.05) is 13.8 Å². The Bertz CT molecular complexity index is 355. The average Bonchev–Trinajstić information content (AvgIpc) is 2.33. The second kappa shape index (κ2) is 7.87. The van der Waals surface area contributed by atoms with Gasteiger partial charge in [-0.2, -0.15) is 0 Å². The maximum atomic E-state index is 8.67. The van der Waals surface area contributed by atoms with E-state index in [0.29, 0.717) is 5.82 Å². The third kappa shape index (κ3) is 5.31. The fourth-order valence-corrected chi connectivity index (χ4v) is 1.64. The summed E-state index contributed by atoms with van der Waals surface area (Å²) in [5.74, 6) is 2.36. The first-order valence-corrected chi connectivity index (χ1v) is 6.62. The summed E-state index contributed by atoms with van der Waals surface area (Å²) in [6, 6.07) is 1.76. The van der Waals surface area contributed by atoms with Gasteiger partial charge in [-0.25, -0.2) is 9.97 Å². The van der Waals surface area contributed by atoms with E-state index >= 15 is 0 Å². The number of hydrogen-bond donors (Lipinski definition) is 3. The highest BCUT2D eigenvalue weighted by atomic mass is 16.2. The van der Waals surface area contributed by atoms with Gasteiger partial charge in [0, 0.05) is 25.1 Å². The van der Waals surface area contributed by atoms with Gasteiger partial charge in [-0.15, -0.1) is 0 Å². The number of rotatable bonds is 8. The van der Waals surface area contributed by atoms with Gasteiger partial charge in [0.15, 0.2) is 0 Å². The number of anilines is 2. The van der Waals surface area contributed by atoms with Crippen molar-refractivity contribution in [1.29, 1.82) is 0 Å². The van der Waals surface area contributed by atoms with E-state index in [0.717, 1.165) is 43.9 Å². The Morgan fingerprint density at radius 3 is 2.61 bits per heavy atom. The van der Waals surface area contributed by atoms with Crippen LogP contribution in [0, 0.1) is 0 Å². The van der Waals surface area contributed by atoms with Crippen molar-refractivity contribution < 1.29 is 5.11 Å². The van der Waals surface area contributed by atoms with Crippen molar-refractivity contribution in [3.05, 3.63) is 11.9 Å². The van der Waals surface area contributed by atoms with E-state index in [4.69, 9.17) is 10.8 Å². The zero-order chi connectivity index (χ0) is 13.4. The summed E-state index contributed by atoms with van der Waals surface area (Å²) < 4.78 is 0. The first kappa shape index (κ1) is 14.7. The monoisotopic (exact) mass is 252 g/mol. The lowest BCUT2D eigenvalue weighted by atomic mass is 10.2. The molecule has 0 aliphatic rings. The van der Waals surface area contributed by atoms with Crippen LogP contribution in [0.25, 0.3) is 0 Å². The molecule has 0 fully saturated rings. The van der Waals surface area contributed by atoms with E-state index in [1.54, 1.807) is 6.07 Å². The molecule has 1 aromatic heterocycles. The molecule has 0 unspecified atom stereocenters. The molecule has 0 bridgehead atoms. The topological polar surface area (TPSA) is 84.1 Å². The van der Waals surface area contributed by atoms with Crippen LogP contribution in [-0.4, -0.2) is 28.2 Å². The minimum Gasteiger partial charge on any atom is -0.396 e. The fraction of sp³-hybridized carbons (Fsp3) is 0.692. The number of nitrogens with one attached hydrogen (secondary N) is 1. The second-order valence-electron chi connectivity index (χ2n) is 4.76. The van der Waals surface area contributed by atoms with Gasteiger partial charge in [0.2, 0.25) is 0 Å². The molecule has 5 nitrogen and oxygen atoms in total. The molecule has 1 rings (SSSR count). The van der Waals surface area contributed by atoms with Crippen LogP contribution in [-0.2, 0) is 0 Å². The Morgan fingerprint density at radius 2 is 1.94 bits per heavy atom. The van der Waals surface area contributed by atoms with Gasteiger partial charge < -0.3 is 16.2 Å². The molecule has 0 aliphatic carbocycles. The number of unbranched alkanes of at least 4 members (excludes halogenated alkanes) is 3. The highest BCUT2D eigenvalue weighted by Crippen LogP contribution is 2.15. The van der Waals surface area contributed by atoms with Crippen LogP contribution in [0.2, 0.25) is 0 Å². The standard InChI is InChI=1S/C13H24N4O/c1-10(2)13-16-11(14)9-12(17-13)15-7-5-3-4-6-8-18/h9-10,18H,3-8H2,1-2H3,(H3,14,15,16,17). The lowest BCUT2D eigenvalue weighted by Gasteiger charge is -2.09. The SMILES string of the molecule is CC(C)c1nc(N)cc(NCCCCCCO)n1. The third-order valence-electron chi connectivity index (χ3n) is 2.67. The number of nitrogen functional groups attached to an aromatic ring is 1. The molecule has 18 heavy (non-hydrogen) atoms. The highest BCUT2D eigenvalue weighted by Gasteiger charge is 2.05. The number of aromatic nitrogens is 2. The number of hydrogen-bond acceptors (Lipinski definition) is 5. The van der Waals surface area contributed by atoms with Crippen LogP contribution in [0.4, 0.5) is 11.6 Å². The first-order chi connectivity index (χ1) is 8.63. The van der Waals surface area contributed by atoms with Crippen LogP contribution in [0.15, 0.2) is 6.07 Å². The van der Waals surface area contributed by atoms with Gasteiger partial charge in [-0.1, -0.05) is 26.7 Å². The molecule has 0 amide bonds. The van der Waals surface area contributed by atoms with Crippen molar-refractivity contribution in [2.24, 2.45) is 0 Å². The van der Waals surface area contributed by atoms with Crippen LogP contribution in [0.3, 0.4) is 0 Å². The van der Waals surface area contributed by atoms with Gasteiger partial charge in [0.05, 0.1) is 0 Å². The molecule has 0 saturated heterocycles. The lowest BCUT2D eigenvalue weighted by Crippen LogP contribution is -2.08. The lowest BCUT2D eigenvalue weighted by molar-refractivity contribution is 0.283. The number of nitrogens with zero attached hydrogens (tertiary/aromatic N) is 2. The molecule has 5 heteroatoms. The van der Waals surface area contributed by atoms with Gasteiger partial charge in [0.1, 0.15) is 17.5 Å². The molecule has 102 valence electrons. The predicted octanol–water partition coefficient (Wildman–Crippen LogP) is 2.15. The molecule has 0 aromatic carbocycles. The van der Waals surface area contributed by atoms with E-state index in [9.17, 15) is 0 Å². The molecule has 0 radical (unpaired) electrons. The van der Waals surface area contributed by atoms with E-state index in [2.05, 4.69) is 15.3 Å². The van der Waals surface area contributed by atoms with E-state index in [-0.39, 0.29) is 12.5 Å². The Balaban J connectivity index is 2.37. The Morgan fingerprint density at radius 1 is 1.22 bits per heavy atom. The second-order valence-corrected chi connectivity index (χ2v) is 4.76. The van der Waals surface area contributed by atoms with Crippen molar-refractivity contribution >= 4 is 11.6 Å². The smallest absolute Gasteiger partial charge is 0.135 e. The summed E-state index contributed by atoms with van der Waals surface area (Å²) in [6.45, 7) is 5.26. The van der Waals surface area contributed by atoms with E-state index < -0.39 is 0 Å². The fourth-order valence-electron chi connectivity index (χ4n) is 1.64. The molecule has 0 spiro atoms. The van der Waals surface area contributed by atoms with Crippen LogP contribution in [0.1, 0.15) is 51.3 Å². The number of aliphatic hydroxyl groups is 1. The summed E-state index contributed by atoms with van der Waals surface area (Å²) in [7, 11) is 0. The number of aliphatic hydroxyl groups excluding tert-OH is 1. The van der Waals surface area contributed by atoms with Crippen molar-refractivity contribution in [2.75, 3.05) is 24.2 Å². The van der Waals surface area contributed by atoms with Crippen molar-refractivity contribution in [3.8, 4) is 0 Å². The number of nitrogens with two attached hydrogens (primary N) is 1. The Hall–Kier alpha value is -1.36. The van der Waals surface area contributed by atoms with Gasteiger partial charge in [0.25, 0.3) is 0 Å². The minimum atomic E-state index is 0.276. The first-order valence-electron chi connectivity index (χ1n) is 6.62. The molecule has 0 atom stereocenters. The van der Waals surface area contributed by atoms with E-state index in [1.165, 1.54) is 0 Å². The molecule has 1 heterocycles. The maximum absolute atomic E-state index is 8.67. The normalized spacial score (nSPS) is 10.9. The molecule has 1 aromatic rings. The summed E-state index contributed by atoms with van der Waals surface area (Å²) in [5.41, 5.74) is 5.75. The zero-order valence-electron chi connectivity index (χ0n) is 11.3. The molecule has 4 N–H and O–H groups in total. The van der Waals surface area contributed by atoms with Crippen molar-refractivity contribution in [1.82, 2.24) is 9.97 Å². The highest BCUT2D eigenvalue weighted by molar-refractivity contribution is 5.44. The largest absolute Gasteiger partial charge is 0.396 e. The van der Waals surface area contributed by atoms with Crippen LogP contribution < -0.4 is 11.1 Å². The molecular weight excluding hydrogens is 228 g/mol. The summed E-state index contributed by atoms with van der Waals surface area (Å²) in [5, 5.41) is 11.9. The van der Waals surface area contributed by atoms with Gasteiger partial charge in [-0.05, 0) is 12.8 Å². The zero-order valence-corrected chi connectivity index (χ0v) is 11.3. The minimum absolute atomic E-state index is 0.276. The van der Waals surface area contributed by atoms with Gasteiger partial charge >= 0.3 is 0 Å². The summed E-state index contributed by atoms with van der Waals surface area (Å²) in [4.78, 5) is 8.63. The van der Waals surface area contributed by atoms with Gasteiger partial charge in [-0.3, -0.25) is 0 Å². The third-order valence-corrected chi connectivity index (χ3v) is 2.67. The quantitative estimate of drug-likeness (QED) is 0.617. The summed E-state index contributed by atoms with van der Waals surface area (Å²) in [6.07, 6.45) is 4.14.